The molecule has 0 atom stereocenters. The van der Waals surface area contributed by atoms with Crippen LogP contribution in [0.15, 0.2) is 24.3 Å². The van der Waals surface area contributed by atoms with Crippen LogP contribution in [0.3, 0.4) is 0 Å². The summed E-state index contributed by atoms with van der Waals surface area (Å²) < 4.78 is 5.53. The Morgan fingerprint density at radius 3 is 2.77 bits per heavy atom. The Bertz CT molecular complexity index is 739. The molecule has 3 rings (SSSR count). The van der Waals surface area contributed by atoms with E-state index in [-0.39, 0.29) is 11.4 Å². The van der Waals surface area contributed by atoms with Gasteiger partial charge < -0.3 is 10.1 Å². The van der Waals surface area contributed by atoms with Crippen molar-refractivity contribution in [3.05, 3.63) is 35.7 Å². The summed E-state index contributed by atoms with van der Waals surface area (Å²) in [6.07, 6.45) is 0.813. The van der Waals surface area contributed by atoms with E-state index in [0.717, 1.165) is 44.1 Å². The second-order valence-electron chi connectivity index (χ2n) is 7.14. The smallest absolute Gasteiger partial charge is 0.251 e. The van der Waals surface area contributed by atoms with Crippen molar-refractivity contribution in [1.82, 2.24) is 25.4 Å². The van der Waals surface area contributed by atoms with Crippen molar-refractivity contribution in [2.24, 2.45) is 0 Å². The number of benzene rings is 1. The summed E-state index contributed by atoms with van der Waals surface area (Å²) in [4.78, 5) is 19.1. The molecule has 0 radical (unpaired) electrons. The van der Waals surface area contributed by atoms with Gasteiger partial charge in [0.05, 0.1) is 13.2 Å². The lowest BCUT2D eigenvalue weighted by atomic mass is 10.0. The van der Waals surface area contributed by atoms with E-state index in [1.54, 1.807) is 0 Å². The van der Waals surface area contributed by atoms with Gasteiger partial charge >= 0.3 is 0 Å². The molecule has 7 nitrogen and oxygen atoms in total. The number of aromatic nitrogens is 3. The zero-order chi connectivity index (χ0) is 18.6. The highest BCUT2D eigenvalue weighted by Gasteiger charge is 2.29. The molecule has 1 aliphatic heterocycles. The van der Waals surface area contributed by atoms with Gasteiger partial charge in [-0.3, -0.25) is 14.8 Å². The van der Waals surface area contributed by atoms with Crippen molar-refractivity contribution in [2.75, 3.05) is 32.8 Å². The van der Waals surface area contributed by atoms with Gasteiger partial charge in [0.15, 0.2) is 5.82 Å². The maximum Gasteiger partial charge on any atom is 0.251 e. The van der Waals surface area contributed by atoms with E-state index in [9.17, 15) is 4.79 Å². The normalized spacial score (nSPS) is 17.2. The Morgan fingerprint density at radius 1 is 1.35 bits per heavy atom. The summed E-state index contributed by atoms with van der Waals surface area (Å²) in [5.41, 5.74) is 1.55. The summed E-state index contributed by atoms with van der Waals surface area (Å²) >= 11 is 0. The van der Waals surface area contributed by atoms with Crippen LogP contribution >= 0.6 is 0 Å². The largest absolute Gasteiger partial charge is 0.378 e. The highest BCUT2D eigenvalue weighted by atomic mass is 16.5. The fraction of sp³-hybridized carbons (Fsp3) is 0.526. The third kappa shape index (κ3) is 4.28. The molecule has 1 amide bonds. The second kappa shape index (κ2) is 7.97. The van der Waals surface area contributed by atoms with Crippen LogP contribution in [0.2, 0.25) is 0 Å². The maximum absolute atomic E-state index is 12.4. The fourth-order valence-corrected chi connectivity index (χ4v) is 3.06. The summed E-state index contributed by atoms with van der Waals surface area (Å²) in [5, 5.41) is 10.1. The van der Waals surface area contributed by atoms with E-state index in [2.05, 4.69) is 39.2 Å². The number of hydrogen-bond donors (Lipinski definition) is 2. The Hall–Kier alpha value is -2.25. The number of nitrogens with zero attached hydrogens (tertiary/aromatic N) is 3. The quantitative estimate of drug-likeness (QED) is 0.825. The first-order chi connectivity index (χ1) is 12.5. The third-order valence-electron chi connectivity index (χ3n) is 4.76. The molecule has 0 saturated carbocycles. The molecule has 0 unspecified atom stereocenters. The van der Waals surface area contributed by atoms with Crippen LogP contribution in [0.4, 0.5) is 0 Å². The number of carbonyl (C=O) groups excluding carboxylic acids is 1. The van der Waals surface area contributed by atoms with Crippen LogP contribution in [-0.4, -0.2) is 64.4 Å². The molecule has 7 heteroatoms. The van der Waals surface area contributed by atoms with Crippen LogP contribution in [0.5, 0.6) is 0 Å². The molecule has 1 fully saturated rings. The Labute approximate surface area is 154 Å². The number of rotatable bonds is 6. The first-order valence-corrected chi connectivity index (χ1v) is 9.12. The molecule has 0 spiro atoms. The number of hydrogen-bond acceptors (Lipinski definition) is 5. The number of H-pyrrole nitrogens is 1. The van der Waals surface area contributed by atoms with Crippen molar-refractivity contribution < 1.29 is 9.53 Å². The number of morpholine rings is 1. The zero-order valence-corrected chi connectivity index (χ0v) is 15.7. The predicted molar refractivity (Wildman–Crippen MR) is 100 cm³/mol. The van der Waals surface area contributed by atoms with E-state index in [1.165, 1.54) is 0 Å². The minimum absolute atomic E-state index is 0.0124. The van der Waals surface area contributed by atoms with Gasteiger partial charge in [-0.05, 0) is 26.0 Å². The SMILES string of the molecule is CCc1nc(-c2ccc(C(=O)NCCN3CCOCC3(C)C)cc2)n[nH]1. The van der Waals surface area contributed by atoms with Crippen molar-refractivity contribution in [3.8, 4) is 11.4 Å². The molecule has 1 saturated heterocycles. The van der Waals surface area contributed by atoms with E-state index >= 15 is 0 Å². The predicted octanol–water partition coefficient (Wildman–Crippen LogP) is 1.87. The Kier molecular flexibility index (Phi) is 5.68. The van der Waals surface area contributed by atoms with Gasteiger partial charge in [-0.15, -0.1) is 0 Å². The zero-order valence-electron chi connectivity index (χ0n) is 15.7. The van der Waals surface area contributed by atoms with Gasteiger partial charge in [0.1, 0.15) is 5.82 Å². The number of amides is 1. The number of carbonyl (C=O) groups is 1. The fourth-order valence-electron chi connectivity index (χ4n) is 3.06. The van der Waals surface area contributed by atoms with Crippen molar-refractivity contribution >= 4 is 5.91 Å². The molecule has 0 aliphatic carbocycles. The highest BCUT2D eigenvalue weighted by molar-refractivity contribution is 5.94. The molecular weight excluding hydrogens is 330 g/mol. The molecule has 140 valence electrons. The molecule has 2 aromatic rings. The van der Waals surface area contributed by atoms with Crippen molar-refractivity contribution in [3.63, 3.8) is 0 Å². The van der Waals surface area contributed by atoms with Gasteiger partial charge in [0, 0.05) is 42.7 Å². The highest BCUT2D eigenvalue weighted by Crippen LogP contribution is 2.18. The summed E-state index contributed by atoms with van der Waals surface area (Å²) in [6.45, 7) is 10.2. The van der Waals surface area contributed by atoms with Gasteiger partial charge in [-0.2, -0.15) is 5.10 Å². The van der Waals surface area contributed by atoms with E-state index in [0.29, 0.717) is 17.9 Å². The first-order valence-electron chi connectivity index (χ1n) is 9.12. The van der Waals surface area contributed by atoms with Crippen LogP contribution in [-0.2, 0) is 11.2 Å². The topological polar surface area (TPSA) is 83.1 Å². The van der Waals surface area contributed by atoms with Crippen LogP contribution < -0.4 is 5.32 Å². The summed E-state index contributed by atoms with van der Waals surface area (Å²) in [5.74, 6) is 1.45. The number of ether oxygens (including phenoxy) is 1. The molecule has 2 heterocycles. The lowest BCUT2D eigenvalue weighted by Gasteiger charge is -2.42. The van der Waals surface area contributed by atoms with Gasteiger partial charge in [0.2, 0.25) is 0 Å². The van der Waals surface area contributed by atoms with Gasteiger partial charge in [-0.1, -0.05) is 19.1 Å². The summed E-state index contributed by atoms with van der Waals surface area (Å²) in [7, 11) is 0. The lowest BCUT2D eigenvalue weighted by molar-refractivity contribution is -0.0498. The van der Waals surface area contributed by atoms with E-state index in [4.69, 9.17) is 4.74 Å². The molecule has 26 heavy (non-hydrogen) atoms. The Balaban J connectivity index is 1.53. The summed E-state index contributed by atoms with van der Waals surface area (Å²) in [6, 6.07) is 7.38. The minimum atomic E-state index is -0.0631. The average molecular weight is 357 g/mol. The second-order valence-corrected chi connectivity index (χ2v) is 7.14. The van der Waals surface area contributed by atoms with E-state index in [1.807, 2.05) is 31.2 Å². The number of aromatic amines is 1. The molecule has 1 aromatic heterocycles. The number of aryl methyl sites for hydroxylation is 1. The van der Waals surface area contributed by atoms with Crippen molar-refractivity contribution in [1.29, 1.82) is 0 Å². The minimum Gasteiger partial charge on any atom is -0.378 e. The first kappa shape index (κ1) is 18.5. The van der Waals surface area contributed by atoms with Gasteiger partial charge in [-0.25, -0.2) is 4.98 Å². The lowest BCUT2D eigenvalue weighted by Crippen LogP contribution is -2.54. The monoisotopic (exact) mass is 357 g/mol. The van der Waals surface area contributed by atoms with Crippen molar-refractivity contribution in [2.45, 2.75) is 32.7 Å². The standard InChI is InChI=1S/C19H27N5O2/c1-4-16-21-17(23-22-16)14-5-7-15(8-6-14)18(25)20-9-10-24-11-12-26-13-19(24,2)3/h5-8H,4,9-13H2,1-3H3,(H,20,25)(H,21,22,23). The molecule has 2 N–H and O–H groups in total. The molecule has 1 aliphatic rings. The van der Waals surface area contributed by atoms with Crippen LogP contribution in [0, 0.1) is 0 Å². The van der Waals surface area contributed by atoms with Crippen LogP contribution in [0.1, 0.15) is 37.0 Å². The Morgan fingerprint density at radius 2 is 2.12 bits per heavy atom. The van der Waals surface area contributed by atoms with Gasteiger partial charge in [0.25, 0.3) is 5.91 Å². The van der Waals surface area contributed by atoms with Crippen LogP contribution in [0.25, 0.3) is 11.4 Å². The third-order valence-corrected chi connectivity index (χ3v) is 4.76. The molecule has 0 bridgehead atoms. The average Bonchev–Trinajstić information content (AvgIpc) is 3.12. The molecular formula is C19H27N5O2. The van der Waals surface area contributed by atoms with E-state index < -0.39 is 0 Å². The number of nitrogens with one attached hydrogen (secondary N) is 2. The molecule has 1 aromatic carbocycles. The maximum atomic E-state index is 12.4.